The van der Waals surface area contributed by atoms with Gasteiger partial charge >= 0.3 is 0 Å². The number of amides is 1. The van der Waals surface area contributed by atoms with Gasteiger partial charge in [0.05, 0.1) is 5.02 Å². The molecular weight excluding hydrogens is 358 g/mol. The van der Waals surface area contributed by atoms with E-state index in [-0.39, 0.29) is 5.91 Å². The van der Waals surface area contributed by atoms with E-state index in [1.807, 2.05) is 41.9 Å². The van der Waals surface area contributed by atoms with Gasteiger partial charge in [0.15, 0.2) is 0 Å². The third-order valence-electron chi connectivity index (χ3n) is 5.41. The first-order valence-corrected chi connectivity index (χ1v) is 9.83. The highest BCUT2D eigenvalue weighted by Crippen LogP contribution is 2.29. The zero-order chi connectivity index (χ0) is 18.8. The summed E-state index contributed by atoms with van der Waals surface area (Å²) in [4.78, 5) is 15.3. The second-order valence-electron chi connectivity index (χ2n) is 7.17. The number of hydrogen-bond donors (Lipinski definition) is 1. The first kappa shape index (κ1) is 18.1. The number of rotatable bonds is 5. The molecule has 0 aliphatic carbocycles. The van der Waals surface area contributed by atoms with Gasteiger partial charge in [-0.2, -0.15) is 0 Å². The molecule has 0 radical (unpaired) electrons. The van der Waals surface area contributed by atoms with Gasteiger partial charge < -0.3 is 9.88 Å². The van der Waals surface area contributed by atoms with Crippen molar-refractivity contribution < 1.29 is 4.79 Å². The standard InChI is InChI=1S/C22H24ClN3O/c1-25-19-11-5-4-10-18(19)20(23)21(25)22(27)24-14-16-8-2-3-9-17(16)15-26-12-6-7-13-26/h2-5,8-11H,6-7,12-15H2,1H3,(H,24,27). The Morgan fingerprint density at radius 1 is 1.04 bits per heavy atom. The van der Waals surface area contributed by atoms with Crippen LogP contribution < -0.4 is 5.32 Å². The lowest BCUT2D eigenvalue weighted by molar-refractivity contribution is 0.0943. The van der Waals surface area contributed by atoms with Gasteiger partial charge in [-0.15, -0.1) is 0 Å². The van der Waals surface area contributed by atoms with Gasteiger partial charge in [-0.05, 0) is 43.1 Å². The molecule has 2 heterocycles. The summed E-state index contributed by atoms with van der Waals surface area (Å²) >= 11 is 6.50. The molecule has 1 aliphatic heterocycles. The van der Waals surface area contributed by atoms with Crippen LogP contribution in [-0.2, 0) is 20.1 Å². The van der Waals surface area contributed by atoms with Gasteiger partial charge in [-0.25, -0.2) is 0 Å². The average molecular weight is 382 g/mol. The highest BCUT2D eigenvalue weighted by Gasteiger charge is 2.20. The molecule has 5 heteroatoms. The van der Waals surface area contributed by atoms with Crippen LogP contribution in [0.15, 0.2) is 48.5 Å². The maximum Gasteiger partial charge on any atom is 0.269 e. The van der Waals surface area contributed by atoms with Crippen molar-refractivity contribution in [2.24, 2.45) is 7.05 Å². The molecule has 1 N–H and O–H groups in total. The minimum absolute atomic E-state index is 0.144. The average Bonchev–Trinajstić information content (AvgIpc) is 3.28. The number of nitrogens with zero attached hydrogens (tertiary/aromatic N) is 2. The highest BCUT2D eigenvalue weighted by molar-refractivity contribution is 6.38. The summed E-state index contributed by atoms with van der Waals surface area (Å²) in [7, 11) is 1.88. The predicted molar refractivity (Wildman–Crippen MR) is 110 cm³/mol. The molecule has 4 nitrogen and oxygen atoms in total. The van der Waals surface area contributed by atoms with Crippen LogP contribution >= 0.6 is 11.6 Å². The van der Waals surface area contributed by atoms with Crippen molar-refractivity contribution in [1.29, 1.82) is 0 Å². The van der Waals surface area contributed by atoms with E-state index >= 15 is 0 Å². The molecule has 140 valence electrons. The van der Waals surface area contributed by atoms with Crippen LogP contribution in [0.2, 0.25) is 5.02 Å². The maximum atomic E-state index is 12.9. The molecule has 0 saturated carbocycles. The van der Waals surface area contributed by atoms with Crippen molar-refractivity contribution in [2.45, 2.75) is 25.9 Å². The number of aromatic nitrogens is 1. The number of benzene rings is 2. The summed E-state index contributed by atoms with van der Waals surface area (Å²) in [6, 6.07) is 16.2. The molecule has 1 amide bonds. The molecule has 1 aromatic heterocycles. The van der Waals surface area contributed by atoms with Crippen LogP contribution in [0, 0.1) is 0 Å². The van der Waals surface area contributed by atoms with Crippen LogP contribution in [0.4, 0.5) is 0 Å². The first-order chi connectivity index (χ1) is 13.1. The van der Waals surface area contributed by atoms with E-state index in [1.54, 1.807) is 0 Å². The number of para-hydroxylation sites is 1. The largest absolute Gasteiger partial charge is 0.347 e. The maximum absolute atomic E-state index is 12.9. The minimum Gasteiger partial charge on any atom is -0.347 e. The first-order valence-electron chi connectivity index (χ1n) is 9.45. The lowest BCUT2D eigenvalue weighted by Gasteiger charge is -2.18. The number of aryl methyl sites for hydroxylation is 1. The van der Waals surface area contributed by atoms with E-state index in [0.717, 1.165) is 36.1 Å². The molecule has 0 unspecified atom stereocenters. The van der Waals surface area contributed by atoms with Gasteiger partial charge in [0.25, 0.3) is 5.91 Å². The predicted octanol–water partition coefficient (Wildman–Crippen LogP) is 4.36. The third kappa shape index (κ3) is 3.60. The Kier molecular flexibility index (Phi) is 5.19. The van der Waals surface area contributed by atoms with E-state index < -0.39 is 0 Å². The number of carbonyl (C=O) groups is 1. The van der Waals surface area contributed by atoms with Crippen LogP contribution in [-0.4, -0.2) is 28.5 Å². The van der Waals surface area contributed by atoms with Gasteiger partial charge in [0.1, 0.15) is 5.69 Å². The van der Waals surface area contributed by atoms with Crippen molar-refractivity contribution in [3.8, 4) is 0 Å². The molecule has 0 atom stereocenters. The van der Waals surface area contributed by atoms with Crippen molar-refractivity contribution >= 4 is 28.4 Å². The summed E-state index contributed by atoms with van der Waals surface area (Å²) in [6.07, 6.45) is 2.55. The van der Waals surface area contributed by atoms with Gasteiger partial charge in [0.2, 0.25) is 0 Å². The molecule has 0 spiro atoms. The molecule has 27 heavy (non-hydrogen) atoms. The van der Waals surface area contributed by atoms with Gasteiger partial charge in [-0.1, -0.05) is 54.1 Å². The van der Waals surface area contributed by atoms with Crippen LogP contribution in [0.5, 0.6) is 0 Å². The Hall–Kier alpha value is -2.30. The summed E-state index contributed by atoms with van der Waals surface area (Å²) in [5.41, 5.74) is 3.91. The fraction of sp³-hybridized carbons (Fsp3) is 0.318. The lowest BCUT2D eigenvalue weighted by Crippen LogP contribution is -2.26. The molecular formula is C22H24ClN3O. The SMILES string of the molecule is Cn1c(C(=O)NCc2ccccc2CN2CCCC2)c(Cl)c2ccccc21. The number of fused-ring (bicyclic) bond motifs is 1. The fourth-order valence-electron chi connectivity index (χ4n) is 3.92. The lowest BCUT2D eigenvalue weighted by atomic mass is 10.1. The Morgan fingerprint density at radius 2 is 1.70 bits per heavy atom. The summed E-state index contributed by atoms with van der Waals surface area (Å²) < 4.78 is 1.86. The summed E-state index contributed by atoms with van der Waals surface area (Å²) in [6.45, 7) is 3.76. The quantitative estimate of drug-likeness (QED) is 0.713. The van der Waals surface area contributed by atoms with E-state index in [4.69, 9.17) is 11.6 Å². The minimum atomic E-state index is -0.144. The normalized spacial score (nSPS) is 14.7. The van der Waals surface area contributed by atoms with E-state index in [9.17, 15) is 4.79 Å². The molecule has 4 rings (SSSR count). The Morgan fingerprint density at radius 3 is 2.44 bits per heavy atom. The third-order valence-corrected chi connectivity index (χ3v) is 5.79. The van der Waals surface area contributed by atoms with Crippen molar-refractivity contribution in [3.63, 3.8) is 0 Å². The van der Waals surface area contributed by atoms with Crippen LogP contribution in [0.3, 0.4) is 0 Å². The summed E-state index contributed by atoms with van der Waals surface area (Å²) in [5, 5.41) is 4.47. The van der Waals surface area contributed by atoms with Gasteiger partial charge in [0, 0.05) is 31.0 Å². The van der Waals surface area contributed by atoms with Gasteiger partial charge in [-0.3, -0.25) is 9.69 Å². The molecule has 1 saturated heterocycles. The smallest absolute Gasteiger partial charge is 0.269 e. The number of nitrogens with one attached hydrogen (secondary N) is 1. The van der Waals surface area contributed by atoms with Crippen molar-refractivity contribution in [2.75, 3.05) is 13.1 Å². The molecule has 1 aliphatic rings. The van der Waals surface area contributed by atoms with E-state index in [2.05, 4.69) is 28.4 Å². The molecule has 1 fully saturated rings. The Bertz CT molecular complexity index is 934. The monoisotopic (exact) mass is 381 g/mol. The van der Waals surface area contributed by atoms with Crippen molar-refractivity contribution in [1.82, 2.24) is 14.8 Å². The Labute approximate surface area is 164 Å². The topological polar surface area (TPSA) is 37.3 Å². The zero-order valence-electron chi connectivity index (χ0n) is 15.5. The second kappa shape index (κ2) is 7.75. The number of carbonyl (C=O) groups excluding carboxylic acids is 1. The fourth-order valence-corrected chi connectivity index (χ4v) is 4.30. The molecule has 0 bridgehead atoms. The van der Waals surface area contributed by atoms with Crippen LogP contribution in [0.25, 0.3) is 10.9 Å². The zero-order valence-corrected chi connectivity index (χ0v) is 16.3. The molecule has 2 aromatic carbocycles. The van der Waals surface area contributed by atoms with Crippen LogP contribution in [0.1, 0.15) is 34.5 Å². The van der Waals surface area contributed by atoms with E-state index in [1.165, 1.54) is 18.4 Å². The number of hydrogen-bond acceptors (Lipinski definition) is 2. The van der Waals surface area contributed by atoms with E-state index in [0.29, 0.717) is 17.3 Å². The highest BCUT2D eigenvalue weighted by atomic mass is 35.5. The Balaban J connectivity index is 1.52. The second-order valence-corrected chi connectivity index (χ2v) is 7.55. The summed E-state index contributed by atoms with van der Waals surface area (Å²) in [5.74, 6) is -0.144. The number of likely N-dealkylation sites (tertiary alicyclic amines) is 1. The number of halogens is 1. The molecule has 3 aromatic rings. The van der Waals surface area contributed by atoms with Crippen molar-refractivity contribution in [3.05, 3.63) is 70.4 Å².